The number of carbonyl (C=O) groups is 1. The zero-order valence-corrected chi connectivity index (χ0v) is 11.5. The molecule has 0 aliphatic rings. The molecular formula is C14H20O3S. The van der Waals surface area contributed by atoms with E-state index in [4.69, 9.17) is 5.11 Å². The number of aliphatic carboxylic acids is 1. The smallest absolute Gasteiger partial charge is 0.319 e. The standard InChI is InChI=1S/C14H20O3S/c1-2-3-11-18(17)13(14(15)16)10-9-12-7-5-4-6-8-12/h4-8,13H,2-3,9-11H2,1H3,(H,15,16). The highest BCUT2D eigenvalue weighted by atomic mass is 32.2. The van der Waals surface area contributed by atoms with Gasteiger partial charge >= 0.3 is 5.97 Å². The van der Waals surface area contributed by atoms with E-state index in [1.54, 1.807) is 0 Å². The SMILES string of the molecule is CCCCS(=O)C(CCc1ccccc1)C(=O)O. The second-order valence-electron chi connectivity index (χ2n) is 4.29. The molecule has 1 aromatic carbocycles. The van der Waals surface area contributed by atoms with Crippen LogP contribution in [0, 0.1) is 0 Å². The van der Waals surface area contributed by atoms with Crippen LogP contribution in [0.15, 0.2) is 30.3 Å². The van der Waals surface area contributed by atoms with Crippen molar-refractivity contribution in [1.82, 2.24) is 0 Å². The molecule has 0 spiro atoms. The van der Waals surface area contributed by atoms with E-state index in [2.05, 4.69) is 0 Å². The Morgan fingerprint density at radius 2 is 2.00 bits per heavy atom. The van der Waals surface area contributed by atoms with Crippen LogP contribution >= 0.6 is 0 Å². The van der Waals surface area contributed by atoms with Gasteiger partial charge in [-0.25, -0.2) is 0 Å². The number of aryl methyl sites for hydroxylation is 1. The van der Waals surface area contributed by atoms with Gasteiger partial charge in [-0.2, -0.15) is 0 Å². The summed E-state index contributed by atoms with van der Waals surface area (Å²) >= 11 is 0. The number of rotatable bonds is 8. The van der Waals surface area contributed by atoms with Gasteiger partial charge in [0.25, 0.3) is 0 Å². The predicted molar refractivity (Wildman–Crippen MR) is 74.1 cm³/mol. The summed E-state index contributed by atoms with van der Waals surface area (Å²) in [7, 11) is -1.26. The van der Waals surface area contributed by atoms with Crippen molar-refractivity contribution in [2.45, 2.75) is 37.9 Å². The molecule has 100 valence electrons. The van der Waals surface area contributed by atoms with Gasteiger partial charge in [-0.15, -0.1) is 0 Å². The average molecular weight is 268 g/mol. The third-order valence-corrected chi connectivity index (χ3v) is 4.59. The zero-order valence-electron chi connectivity index (χ0n) is 10.7. The highest BCUT2D eigenvalue weighted by molar-refractivity contribution is 7.86. The van der Waals surface area contributed by atoms with Crippen molar-refractivity contribution < 1.29 is 14.1 Å². The first kappa shape index (κ1) is 14.9. The van der Waals surface area contributed by atoms with Crippen LogP contribution in [0.4, 0.5) is 0 Å². The summed E-state index contributed by atoms with van der Waals surface area (Å²) in [5.74, 6) is -0.456. The second kappa shape index (κ2) is 8.03. The van der Waals surface area contributed by atoms with Gasteiger partial charge in [-0.3, -0.25) is 9.00 Å². The van der Waals surface area contributed by atoms with E-state index < -0.39 is 22.0 Å². The third-order valence-electron chi connectivity index (χ3n) is 2.83. The predicted octanol–water partition coefficient (Wildman–Crippen LogP) is 2.62. The molecule has 2 unspecified atom stereocenters. The van der Waals surface area contributed by atoms with Crippen molar-refractivity contribution in [2.75, 3.05) is 5.75 Å². The number of carboxylic acids is 1. The second-order valence-corrected chi connectivity index (χ2v) is 6.03. The molecule has 0 saturated heterocycles. The minimum atomic E-state index is -1.26. The maximum atomic E-state index is 11.9. The summed E-state index contributed by atoms with van der Waals surface area (Å²) in [6.45, 7) is 2.01. The summed E-state index contributed by atoms with van der Waals surface area (Å²) in [5, 5.41) is 8.39. The molecule has 0 heterocycles. The van der Waals surface area contributed by atoms with Gasteiger partial charge in [0.15, 0.2) is 0 Å². The molecule has 1 N–H and O–H groups in total. The van der Waals surface area contributed by atoms with Crippen molar-refractivity contribution in [3.63, 3.8) is 0 Å². The van der Waals surface area contributed by atoms with Crippen molar-refractivity contribution in [2.24, 2.45) is 0 Å². The summed E-state index contributed by atoms with van der Waals surface area (Å²) in [5.41, 5.74) is 1.09. The fraction of sp³-hybridized carbons (Fsp3) is 0.500. The van der Waals surface area contributed by atoms with Crippen molar-refractivity contribution in [3.8, 4) is 0 Å². The summed E-state index contributed by atoms with van der Waals surface area (Å²) in [6, 6.07) is 9.72. The summed E-state index contributed by atoms with van der Waals surface area (Å²) in [4.78, 5) is 11.1. The molecule has 0 saturated carbocycles. The van der Waals surface area contributed by atoms with Gasteiger partial charge in [0.05, 0.1) is 0 Å². The molecule has 0 aliphatic heterocycles. The van der Waals surface area contributed by atoms with E-state index in [0.29, 0.717) is 18.6 Å². The van der Waals surface area contributed by atoms with E-state index in [-0.39, 0.29) is 0 Å². The molecule has 1 aromatic rings. The quantitative estimate of drug-likeness (QED) is 0.788. The van der Waals surface area contributed by atoms with Gasteiger partial charge in [0.1, 0.15) is 5.25 Å². The van der Waals surface area contributed by atoms with E-state index in [1.807, 2.05) is 37.3 Å². The zero-order chi connectivity index (χ0) is 13.4. The molecule has 0 aromatic heterocycles. The normalized spacial score (nSPS) is 14.1. The van der Waals surface area contributed by atoms with Crippen LogP contribution in [0.25, 0.3) is 0 Å². The summed E-state index contributed by atoms with van der Waals surface area (Å²) < 4.78 is 11.9. The Hall–Kier alpha value is -1.16. The largest absolute Gasteiger partial charge is 0.480 e. The maximum Gasteiger partial charge on any atom is 0.319 e. The van der Waals surface area contributed by atoms with Gasteiger partial charge in [0.2, 0.25) is 0 Å². The number of hydrogen-bond acceptors (Lipinski definition) is 2. The maximum absolute atomic E-state index is 11.9. The number of carboxylic acid groups (broad SMARTS) is 1. The Balaban J connectivity index is 2.53. The Morgan fingerprint density at radius 3 is 2.56 bits per heavy atom. The lowest BCUT2D eigenvalue weighted by atomic mass is 10.1. The molecule has 18 heavy (non-hydrogen) atoms. The highest BCUT2D eigenvalue weighted by Gasteiger charge is 2.23. The Labute approximate surface area is 111 Å². The first-order valence-electron chi connectivity index (χ1n) is 6.29. The van der Waals surface area contributed by atoms with Gasteiger partial charge in [-0.05, 0) is 24.8 Å². The fourth-order valence-electron chi connectivity index (χ4n) is 1.74. The molecule has 0 fully saturated rings. The molecule has 4 heteroatoms. The number of unbranched alkanes of at least 4 members (excludes halogenated alkanes) is 1. The topological polar surface area (TPSA) is 54.4 Å². The molecule has 0 amide bonds. The molecular weight excluding hydrogens is 248 g/mol. The molecule has 0 bridgehead atoms. The van der Waals surface area contributed by atoms with Crippen molar-refractivity contribution in [1.29, 1.82) is 0 Å². The first-order chi connectivity index (χ1) is 8.65. The molecule has 2 atom stereocenters. The van der Waals surface area contributed by atoms with Crippen LogP contribution in [0.1, 0.15) is 31.7 Å². The van der Waals surface area contributed by atoms with E-state index >= 15 is 0 Å². The molecule has 0 radical (unpaired) electrons. The van der Waals surface area contributed by atoms with Crippen molar-refractivity contribution in [3.05, 3.63) is 35.9 Å². The highest BCUT2D eigenvalue weighted by Crippen LogP contribution is 2.11. The van der Waals surface area contributed by atoms with E-state index in [1.165, 1.54) is 0 Å². The lowest BCUT2D eigenvalue weighted by molar-refractivity contribution is -0.136. The van der Waals surface area contributed by atoms with Crippen molar-refractivity contribution >= 4 is 16.8 Å². The lowest BCUT2D eigenvalue weighted by Crippen LogP contribution is -2.28. The van der Waals surface area contributed by atoms with Gasteiger partial charge < -0.3 is 5.11 Å². The molecule has 1 rings (SSSR count). The van der Waals surface area contributed by atoms with E-state index in [9.17, 15) is 9.00 Å². The number of hydrogen-bond donors (Lipinski definition) is 1. The fourth-order valence-corrected chi connectivity index (χ4v) is 3.20. The number of benzene rings is 1. The van der Waals surface area contributed by atoms with E-state index in [0.717, 1.165) is 18.4 Å². The van der Waals surface area contributed by atoms with Crippen LogP contribution in [0.3, 0.4) is 0 Å². The molecule has 0 aliphatic carbocycles. The Bertz CT molecular complexity index is 389. The van der Waals surface area contributed by atoms with Crippen LogP contribution in [0.5, 0.6) is 0 Å². The monoisotopic (exact) mass is 268 g/mol. The van der Waals surface area contributed by atoms with Gasteiger partial charge in [0, 0.05) is 16.6 Å². The van der Waals surface area contributed by atoms with Crippen LogP contribution in [-0.2, 0) is 22.0 Å². The lowest BCUT2D eigenvalue weighted by Gasteiger charge is -2.11. The third kappa shape index (κ3) is 5.00. The van der Waals surface area contributed by atoms with Crippen LogP contribution in [-0.4, -0.2) is 26.3 Å². The molecule has 3 nitrogen and oxygen atoms in total. The summed E-state index contributed by atoms with van der Waals surface area (Å²) in [6.07, 6.45) is 2.86. The minimum Gasteiger partial charge on any atom is -0.480 e. The Kier molecular flexibility index (Phi) is 6.65. The van der Waals surface area contributed by atoms with Crippen LogP contribution < -0.4 is 0 Å². The Morgan fingerprint density at radius 1 is 1.33 bits per heavy atom. The minimum absolute atomic E-state index is 0.440. The van der Waals surface area contributed by atoms with Gasteiger partial charge in [-0.1, -0.05) is 43.7 Å². The van der Waals surface area contributed by atoms with Crippen LogP contribution in [0.2, 0.25) is 0 Å². The average Bonchev–Trinajstić information content (AvgIpc) is 2.37. The first-order valence-corrected chi connectivity index (χ1v) is 7.67.